The number of aliphatic hydroxyl groups is 1. The predicted octanol–water partition coefficient (Wildman–Crippen LogP) is 4.30. The summed E-state index contributed by atoms with van der Waals surface area (Å²) in [4.78, 5) is 0. The van der Waals surface area contributed by atoms with E-state index in [4.69, 9.17) is 16.3 Å². The lowest BCUT2D eigenvalue weighted by atomic mass is 10.1. The number of aliphatic hydroxyl groups excluding tert-OH is 1. The standard InChI is InChI=1S/C19H20ClNO2/c1-14(22)12-15-13-21(19-5-3-2-4-18(15)19)10-11-23-17-8-6-16(20)7-9-17/h2-9,13-14,22H,10-12H2,1H3. The van der Waals surface area contributed by atoms with Crippen LogP contribution >= 0.6 is 11.6 Å². The molecule has 4 heteroatoms. The highest BCUT2D eigenvalue weighted by Crippen LogP contribution is 2.23. The number of nitrogens with zero attached hydrogens (tertiary/aromatic N) is 1. The Hall–Kier alpha value is -1.97. The van der Waals surface area contributed by atoms with E-state index in [2.05, 4.69) is 22.9 Å². The number of benzene rings is 2. The molecule has 1 atom stereocenters. The molecule has 3 rings (SSSR count). The average molecular weight is 330 g/mol. The fourth-order valence-electron chi connectivity index (χ4n) is 2.78. The van der Waals surface area contributed by atoms with Gasteiger partial charge >= 0.3 is 0 Å². The molecule has 1 unspecified atom stereocenters. The second-order valence-electron chi connectivity index (χ2n) is 5.72. The van der Waals surface area contributed by atoms with Gasteiger partial charge in [-0.15, -0.1) is 0 Å². The van der Waals surface area contributed by atoms with Crippen molar-refractivity contribution in [1.29, 1.82) is 0 Å². The minimum absolute atomic E-state index is 0.348. The minimum Gasteiger partial charge on any atom is -0.492 e. The third-order valence-electron chi connectivity index (χ3n) is 3.80. The lowest BCUT2D eigenvalue weighted by Gasteiger charge is -2.08. The highest BCUT2D eigenvalue weighted by molar-refractivity contribution is 6.30. The number of hydrogen-bond donors (Lipinski definition) is 1. The summed E-state index contributed by atoms with van der Waals surface area (Å²) in [6.45, 7) is 3.15. The highest BCUT2D eigenvalue weighted by Gasteiger charge is 2.10. The monoisotopic (exact) mass is 329 g/mol. The Bertz CT molecular complexity index is 778. The molecule has 0 bridgehead atoms. The largest absolute Gasteiger partial charge is 0.492 e. The van der Waals surface area contributed by atoms with Crippen molar-refractivity contribution in [2.45, 2.75) is 26.0 Å². The molecule has 0 amide bonds. The second kappa shape index (κ2) is 7.07. The normalized spacial score (nSPS) is 12.5. The number of rotatable bonds is 6. The van der Waals surface area contributed by atoms with Gasteiger partial charge in [0.05, 0.1) is 12.6 Å². The first-order valence-corrected chi connectivity index (χ1v) is 8.14. The van der Waals surface area contributed by atoms with Gasteiger partial charge in [-0.3, -0.25) is 0 Å². The van der Waals surface area contributed by atoms with E-state index < -0.39 is 0 Å². The molecule has 0 aliphatic carbocycles. The molecule has 2 aromatic carbocycles. The maximum atomic E-state index is 9.68. The first kappa shape index (κ1) is 15.9. The van der Waals surface area contributed by atoms with E-state index in [0.29, 0.717) is 18.1 Å². The molecule has 0 saturated heterocycles. The first-order chi connectivity index (χ1) is 11.1. The van der Waals surface area contributed by atoms with Crippen LogP contribution < -0.4 is 4.74 Å². The van der Waals surface area contributed by atoms with Crippen LogP contribution in [0, 0.1) is 0 Å². The molecule has 0 fully saturated rings. The molecular formula is C19H20ClNO2. The number of halogens is 1. The van der Waals surface area contributed by atoms with Crippen molar-refractivity contribution >= 4 is 22.5 Å². The Balaban J connectivity index is 1.73. The molecule has 1 N–H and O–H groups in total. The van der Waals surface area contributed by atoms with E-state index in [9.17, 15) is 5.11 Å². The lowest BCUT2D eigenvalue weighted by molar-refractivity contribution is 0.196. The Morgan fingerprint density at radius 1 is 1.13 bits per heavy atom. The topological polar surface area (TPSA) is 34.4 Å². The Labute approximate surface area is 141 Å². The smallest absolute Gasteiger partial charge is 0.119 e. The van der Waals surface area contributed by atoms with Gasteiger partial charge < -0.3 is 14.4 Å². The van der Waals surface area contributed by atoms with Crippen LogP contribution in [0.5, 0.6) is 5.75 Å². The maximum absolute atomic E-state index is 9.68. The van der Waals surface area contributed by atoms with Gasteiger partial charge in [0.15, 0.2) is 0 Å². The van der Waals surface area contributed by atoms with Crippen LogP contribution in [-0.2, 0) is 13.0 Å². The van der Waals surface area contributed by atoms with E-state index in [1.54, 1.807) is 0 Å². The number of fused-ring (bicyclic) bond motifs is 1. The summed E-state index contributed by atoms with van der Waals surface area (Å²) in [5.74, 6) is 0.815. The SMILES string of the molecule is CC(O)Cc1cn(CCOc2ccc(Cl)cc2)c2ccccc12. The zero-order chi connectivity index (χ0) is 16.2. The van der Waals surface area contributed by atoms with Crippen LogP contribution in [0.3, 0.4) is 0 Å². The van der Waals surface area contributed by atoms with Crippen molar-refractivity contribution in [2.75, 3.05) is 6.61 Å². The Morgan fingerprint density at radius 2 is 1.87 bits per heavy atom. The summed E-state index contributed by atoms with van der Waals surface area (Å²) in [5, 5.41) is 11.6. The van der Waals surface area contributed by atoms with E-state index in [-0.39, 0.29) is 6.10 Å². The van der Waals surface area contributed by atoms with Crippen LogP contribution in [0.4, 0.5) is 0 Å². The Morgan fingerprint density at radius 3 is 2.61 bits per heavy atom. The Kier molecular flexibility index (Phi) is 4.89. The summed E-state index contributed by atoms with van der Waals surface area (Å²) in [5.41, 5.74) is 2.34. The summed E-state index contributed by atoms with van der Waals surface area (Å²) >= 11 is 5.87. The van der Waals surface area contributed by atoms with Gasteiger partial charge in [0.25, 0.3) is 0 Å². The molecule has 1 aromatic heterocycles. The van der Waals surface area contributed by atoms with Gasteiger partial charge in [0, 0.05) is 28.5 Å². The second-order valence-corrected chi connectivity index (χ2v) is 6.16. The first-order valence-electron chi connectivity index (χ1n) is 7.76. The van der Waals surface area contributed by atoms with Gasteiger partial charge in [-0.05, 0) is 42.8 Å². The van der Waals surface area contributed by atoms with E-state index >= 15 is 0 Å². The third kappa shape index (κ3) is 3.87. The van der Waals surface area contributed by atoms with Crippen molar-refractivity contribution in [2.24, 2.45) is 0 Å². The highest BCUT2D eigenvalue weighted by atomic mass is 35.5. The van der Waals surface area contributed by atoms with Crippen molar-refractivity contribution in [3.63, 3.8) is 0 Å². The molecule has 0 aliphatic rings. The average Bonchev–Trinajstić information content (AvgIpc) is 2.87. The van der Waals surface area contributed by atoms with Crippen LogP contribution in [-0.4, -0.2) is 22.4 Å². The summed E-state index contributed by atoms with van der Waals surface area (Å²) in [7, 11) is 0. The summed E-state index contributed by atoms with van der Waals surface area (Å²) < 4.78 is 7.96. The fourth-order valence-corrected chi connectivity index (χ4v) is 2.91. The van der Waals surface area contributed by atoms with Crippen LogP contribution in [0.1, 0.15) is 12.5 Å². The zero-order valence-corrected chi connectivity index (χ0v) is 13.8. The number of hydrogen-bond acceptors (Lipinski definition) is 2. The van der Waals surface area contributed by atoms with Gasteiger partial charge in [-0.1, -0.05) is 29.8 Å². The van der Waals surface area contributed by atoms with Crippen LogP contribution in [0.2, 0.25) is 5.02 Å². The number of ether oxygens (including phenoxy) is 1. The fraction of sp³-hybridized carbons (Fsp3) is 0.263. The number of para-hydroxylation sites is 1. The molecule has 0 radical (unpaired) electrons. The molecule has 1 heterocycles. The summed E-state index contributed by atoms with van der Waals surface area (Å²) in [6, 6.07) is 15.6. The molecule has 0 saturated carbocycles. The molecule has 120 valence electrons. The molecule has 23 heavy (non-hydrogen) atoms. The van der Waals surface area contributed by atoms with Crippen LogP contribution in [0.25, 0.3) is 10.9 Å². The van der Waals surface area contributed by atoms with Gasteiger partial charge in [0.2, 0.25) is 0 Å². The minimum atomic E-state index is -0.348. The molecule has 3 aromatic rings. The van der Waals surface area contributed by atoms with Crippen LogP contribution in [0.15, 0.2) is 54.7 Å². The van der Waals surface area contributed by atoms with E-state index in [0.717, 1.165) is 12.3 Å². The van der Waals surface area contributed by atoms with E-state index in [1.807, 2.05) is 43.3 Å². The lowest BCUT2D eigenvalue weighted by Crippen LogP contribution is -2.07. The van der Waals surface area contributed by atoms with Gasteiger partial charge in [-0.2, -0.15) is 0 Å². The molecular weight excluding hydrogens is 310 g/mol. The molecule has 0 aliphatic heterocycles. The quantitative estimate of drug-likeness (QED) is 0.731. The third-order valence-corrected chi connectivity index (χ3v) is 4.05. The van der Waals surface area contributed by atoms with Gasteiger partial charge in [0.1, 0.15) is 12.4 Å². The van der Waals surface area contributed by atoms with Crippen molar-refractivity contribution in [1.82, 2.24) is 4.57 Å². The zero-order valence-electron chi connectivity index (χ0n) is 13.1. The van der Waals surface area contributed by atoms with Crippen molar-refractivity contribution < 1.29 is 9.84 Å². The van der Waals surface area contributed by atoms with E-state index in [1.165, 1.54) is 16.5 Å². The maximum Gasteiger partial charge on any atom is 0.119 e. The molecule has 3 nitrogen and oxygen atoms in total. The van der Waals surface area contributed by atoms with Crippen molar-refractivity contribution in [3.8, 4) is 5.75 Å². The molecule has 0 spiro atoms. The predicted molar refractivity (Wildman–Crippen MR) is 94.3 cm³/mol. The van der Waals surface area contributed by atoms with Crippen molar-refractivity contribution in [3.05, 3.63) is 65.3 Å². The number of aromatic nitrogens is 1. The van der Waals surface area contributed by atoms with Gasteiger partial charge in [-0.25, -0.2) is 0 Å². The summed E-state index contributed by atoms with van der Waals surface area (Å²) in [6.07, 6.45) is 2.42.